The lowest BCUT2D eigenvalue weighted by Gasteiger charge is -2.15. The van der Waals surface area contributed by atoms with E-state index in [0.717, 1.165) is 31.0 Å². The fourth-order valence-corrected chi connectivity index (χ4v) is 3.41. The second kappa shape index (κ2) is 6.74. The minimum atomic E-state index is -4.37. The van der Waals surface area contributed by atoms with Crippen molar-refractivity contribution in [1.82, 2.24) is 25.1 Å². The molecule has 0 unspecified atom stereocenters. The van der Waals surface area contributed by atoms with E-state index in [1.54, 1.807) is 11.4 Å². The Morgan fingerprint density at radius 3 is 2.84 bits per heavy atom. The summed E-state index contributed by atoms with van der Waals surface area (Å²) in [6, 6.07) is 5.19. The third-order valence-electron chi connectivity index (χ3n) is 3.79. The van der Waals surface area contributed by atoms with Crippen molar-refractivity contribution in [2.75, 3.05) is 6.54 Å². The molecule has 0 spiro atoms. The van der Waals surface area contributed by atoms with Crippen molar-refractivity contribution in [1.29, 1.82) is 0 Å². The summed E-state index contributed by atoms with van der Waals surface area (Å²) in [5.74, 6) is 1.49. The highest BCUT2D eigenvalue weighted by atomic mass is 35.5. The zero-order chi connectivity index (χ0) is 16.7. The Morgan fingerprint density at radius 1 is 1.20 bits per heavy atom. The van der Waals surface area contributed by atoms with Gasteiger partial charge in [0.05, 0.1) is 12.1 Å². The summed E-state index contributed by atoms with van der Waals surface area (Å²) < 4.78 is 40.6. The van der Waals surface area contributed by atoms with E-state index in [1.165, 1.54) is 17.4 Å². The van der Waals surface area contributed by atoms with Gasteiger partial charge in [-0.25, -0.2) is 4.98 Å². The van der Waals surface area contributed by atoms with E-state index in [0.29, 0.717) is 28.6 Å². The van der Waals surface area contributed by atoms with Crippen LogP contribution in [0.1, 0.15) is 11.4 Å². The molecule has 0 amide bonds. The summed E-state index contributed by atoms with van der Waals surface area (Å²) in [5.41, 5.74) is 0.400. The molecular weight excluding hydrogens is 375 g/mol. The van der Waals surface area contributed by atoms with E-state index in [9.17, 15) is 13.2 Å². The third-order valence-corrected chi connectivity index (χ3v) is 4.68. The van der Waals surface area contributed by atoms with Crippen LogP contribution in [-0.4, -0.2) is 26.3 Å². The van der Waals surface area contributed by atoms with E-state index >= 15 is 0 Å². The summed E-state index contributed by atoms with van der Waals surface area (Å²) in [6.45, 7) is 2.22. The molecule has 0 radical (unpaired) electrons. The van der Waals surface area contributed by atoms with Gasteiger partial charge in [0.25, 0.3) is 0 Å². The number of thiazole rings is 1. The Hall–Kier alpha value is -1.97. The minimum Gasteiger partial charge on any atom is -0.308 e. The summed E-state index contributed by atoms with van der Waals surface area (Å²) in [4.78, 5) is 4.46. The molecule has 0 bridgehead atoms. The maximum absolute atomic E-state index is 12.9. The maximum atomic E-state index is 12.9. The molecule has 132 valence electrons. The number of benzene rings is 1. The highest BCUT2D eigenvalue weighted by Crippen LogP contribution is 2.34. The van der Waals surface area contributed by atoms with Gasteiger partial charge in [-0.15, -0.1) is 33.9 Å². The van der Waals surface area contributed by atoms with Crippen molar-refractivity contribution in [2.45, 2.75) is 19.3 Å². The van der Waals surface area contributed by atoms with Crippen molar-refractivity contribution < 1.29 is 13.2 Å². The predicted octanol–water partition coefficient (Wildman–Crippen LogP) is 3.61. The van der Waals surface area contributed by atoms with Crippen LogP contribution in [0.4, 0.5) is 13.2 Å². The number of halogens is 4. The molecule has 0 fully saturated rings. The molecule has 25 heavy (non-hydrogen) atoms. The van der Waals surface area contributed by atoms with Crippen LogP contribution in [0.5, 0.6) is 0 Å². The molecule has 0 aliphatic carbocycles. The topological polar surface area (TPSA) is 55.6 Å². The molecule has 1 aliphatic heterocycles. The summed E-state index contributed by atoms with van der Waals surface area (Å²) >= 11 is 1.30. The van der Waals surface area contributed by atoms with Gasteiger partial charge in [-0.05, 0) is 12.1 Å². The zero-order valence-corrected chi connectivity index (χ0v) is 14.4. The van der Waals surface area contributed by atoms with Gasteiger partial charge in [0.1, 0.15) is 16.5 Å². The number of hydrogen-bond donors (Lipinski definition) is 1. The van der Waals surface area contributed by atoms with Gasteiger partial charge in [-0.1, -0.05) is 12.1 Å². The quantitative estimate of drug-likeness (QED) is 0.729. The Balaban J connectivity index is 0.00000182. The molecule has 1 N–H and O–H groups in total. The molecule has 0 saturated heterocycles. The Bertz CT molecular complexity index is 889. The lowest BCUT2D eigenvalue weighted by Crippen LogP contribution is -2.28. The molecule has 1 aliphatic rings. The van der Waals surface area contributed by atoms with E-state index in [-0.39, 0.29) is 12.4 Å². The maximum Gasteiger partial charge on any atom is 0.416 e. The SMILES string of the molecule is Cl.FC(F)(F)c1cccc(-c2nc(-c3nnc4n3CCNC4)cs2)c1. The van der Waals surface area contributed by atoms with E-state index in [2.05, 4.69) is 20.5 Å². The largest absolute Gasteiger partial charge is 0.416 e. The fraction of sp³-hybridized carbons (Fsp3) is 0.267. The first-order valence-corrected chi connectivity index (χ1v) is 8.16. The standard InChI is InChI=1S/C15H12F3N5S.ClH/c16-15(17,18)10-3-1-2-9(6-10)14-20-11(8-24-14)13-22-21-12-7-19-4-5-23(12)13;/h1-3,6,8,19H,4-5,7H2;1H. The lowest BCUT2D eigenvalue weighted by atomic mass is 10.1. The van der Waals surface area contributed by atoms with E-state index < -0.39 is 11.7 Å². The monoisotopic (exact) mass is 387 g/mol. The summed E-state index contributed by atoms with van der Waals surface area (Å²) in [6.07, 6.45) is -4.37. The molecule has 0 atom stereocenters. The number of fused-ring (bicyclic) bond motifs is 1. The van der Waals surface area contributed by atoms with Gasteiger partial charge >= 0.3 is 6.18 Å². The fourth-order valence-electron chi connectivity index (χ4n) is 2.62. The number of alkyl halides is 3. The number of aromatic nitrogens is 4. The minimum absolute atomic E-state index is 0. The normalized spacial score (nSPS) is 14.0. The Morgan fingerprint density at radius 2 is 2.04 bits per heavy atom. The molecular formula is C15H13ClF3N5S. The highest BCUT2D eigenvalue weighted by molar-refractivity contribution is 7.13. The van der Waals surface area contributed by atoms with Crippen LogP contribution in [0, 0.1) is 0 Å². The van der Waals surface area contributed by atoms with Crippen LogP contribution in [0.2, 0.25) is 0 Å². The van der Waals surface area contributed by atoms with Gasteiger partial charge in [0.15, 0.2) is 5.82 Å². The second-order valence-corrected chi connectivity index (χ2v) is 6.24. The van der Waals surface area contributed by atoms with Crippen LogP contribution >= 0.6 is 23.7 Å². The van der Waals surface area contributed by atoms with Crippen LogP contribution in [-0.2, 0) is 19.3 Å². The van der Waals surface area contributed by atoms with Crippen molar-refractivity contribution >= 4 is 23.7 Å². The van der Waals surface area contributed by atoms with Crippen LogP contribution in [0.15, 0.2) is 29.6 Å². The molecule has 3 heterocycles. The Kier molecular flexibility index (Phi) is 4.81. The first-order valence-electron chi connectivity index (χ1n) is 7.29. The number of nitrogens with zero attached hydrogens (tertiary/aromatic N) is 4. The van der Waals surface area contributed by atoms with Crippen molar-refractivity contribution in [3.05, 3.63) is 41.0 Å². The van der Waals surface area contributed by atoms with E-state index in [4.69, 9.17) is 0 Å². The van der Waals surface area contributed by atoms with Gasteiger partial charge in [0, 0.05) is 24.0 Å². The van der Waals surface area contributed by atoms with Gasteiger partial charge < -0.3 is 9.88 Å². The van der Waals surface area contributed by atoms with Crippen LogP contribution in [0.3, 0.4) is 0 Å². The van der Waals surface area contributed by atoms with Crippen LogP contribution < -0.4 is 5.32 Å². The molecule has 10 heteroatoms. The highest BCUT2D eigenvalue weighted by Gasteiger charge is 2.30. The van der Waals surface area contributed by atoms with Crippen molar-refractivity contribution in [3.63, 3.8) is 0 Å². The van der Waals surface area contributed by atoms with E-state index in [1.807, 2.05) is 4.57 Å². The third kappa shape index (κ3) is 3.39. The van der Waals surface area contributed by atoms with Gasteiger partial charge in [-0.2, -0.15) is 13.2 Å². The molecule has 1 aromatic carbocycles. The number of rotatable bonds is 2. The average Bonchev–Trinajstić information content (AvgIpc) is 3.21. The van der Waals surface area contributed by atoms with Gasteiger partial charge in [-0.3, -0.25) is 0 Å². The molecule has 2 aromatic heterocycles. The number of nitrogens with one attached hydrogen (secondary N) is 1. The predicted molar refractivity (Wildman–Crippen MR) is 90.5 cm³/mol. The number of hydrogen-bond acceptors (Lipinski definition) is 5. The summed E-state index contributed by atoms with van der Waals surface area (Å²) in [5, 5.41) is 13.8. The zero-order valence-electron chi connectivity index (χ0n) is 12.7. The molecule has 0 saturated carbocycles. The first-order chi connectivity index (χ1) is 11.5. The molecule has 5 nitrogen and oxygen atoms in total. The van der Waals surface area contributed by atoms with Crippen molar-refractivity contribution in [2.24, 2.45) is 0 Å². The van der Waals surface area contributed by atoms with Gasteiger partial charge in [0.2, 0.25) is 0 Å². The summed E-state index contributed by atoms with van der Waals surface area (Å²) in [7, 11) is 0. The second-order valence-electron chi connectivity index (χ2n) is 5.38. The first kappa shape index (κ1) is 17.8. The lowest BCUT2D eigenvalue weighted by molar-refractivity contribution is -0.137. The Labute approximate surface area is 151 Å². The molecule has 4 rings (SSSR count). The molecule has 3 aromatic rings. The van der Waals surface area contributed by atoms with Crippen LogP contribution in [0.25, 0.3) is 22.1 Å². The average molecular weight is 388 g/mol. The van der Waals surface area contributed by atoms with Crippen molar-refractivity contribution in [3.8, 4) is 22.1 Å². The smallest absolute Gasteiger partial charge is 0.308 e.